The van der Waals surface area contributed by atoms with Gasteiger partial charge >= 0.3 is 0 Å². The van der Waals surface area contributed by atoms with E-state index in [4.69, 9.17) is 0 Å². The second kappa shape index (κ2) is 10.5. The summed E-state index contributed by atoms with van der Waals surface area (Å²) in [5, 5.41) is 15.2. The summed E-state index contributed by atoms with van der Waals surface area (Å²) in [5.74, 6) is 0.709. The molecule has 7 nitrogen and oxygen atoms in total. The second-order valence-corrected chi connectivity index (χ2v) is 9.06. The predicted octanol–water partition coefficient (Wildman–Crippen LogP) is 4.29. The number of rotatable bonds is 8. The van der Waals surface area contributed by atoms with Crippen molar-refractivity contribution in [2.75, 3.05) is 11.1 Å². The molecule has 0 aliphatic carbocycles. The van der Waals surface area contributed by atoms with E-state index in [-0.39, 0.29) is 29.5 Å². The van der Waals surface area contributed by atoms with Gasteiger partial charge in [-0.15, -0.1) is 10.2 Å². The molecular weight excluding hydrogens is 422 g/mol. The lowest BCUT2D eigenvalue weighted by atomic mass is 10.0. The Hall–Kier alpha value is -3.13. The van der Waals surface area contributed by atoms with Crippen molar-refractivity contribution in [3.63, 3.8) is 0 Å². The number of carbonyl (C=O) groups excluding carboxylic acids is 2. The molecule has 32 heavy (non-hydrogen) atoms. The van der Waals surface area contributed by atoms with Crippen LogP contribution in [0.2, 0.25) is 0 Å². The predicted molar refractivity (Wildman–Crippen MR) is 128 cm³/mol. The van der Waals surface area contributed by atoms with Crippen LogP contribution in [0.1, 0.15) is 47.2 Å². The quantitative estimate of drug-likeness (QED) is 0.499. The number of carbonyl (C=O) groups is 2. The molecule has 2 N–H and O–H groups in total. The average molecular weight is 452 g/mol. The molecule has 1 aromatic heterocycles. The molecule has 0 aliphatic rings. The first-order chi connectivity index (χ1) is 15.3. The highest BCUT2D eigenvalue weighted by Gasteiger charge is 2.25. The van der Waals surface area contributed by atoms with Crippen molar-refractivity contribution in [3.8, 4) is 0 Å². The zero-order valence-electron chi connectivity index (χ0n) is 19.0. The molecule has 1 atom stereocenters. The number of aryl methyl sites for hydroxylation is 2. The molecule has 0 saturated heterocycles. The molecule has 8 heteroatoms. The fourth-order valence-corrected chi connectivity index (χ4v) is 3.97. The molecule has 0 radical (unpaired) electrons. The Labute approximate surface area is 193 Å². The van der Waals surface area contributed by atoms with Gasteiger partial charge in [0.2, 0.25) is 5.91 Å². The maximum absolute atomic E-state index is 12.7. The highest BCUT2D eigenvalue weighted by atomic mass is 32.2. The van der Waals surface area contributed by atoms with Crippen LogP contribution >= 0.6 is 11.8 Å². The minimum Gasteiger partial charge on any atom is -0.342 e. The Kier molecular flexibility index (Phi) is 7.69. The van der Waals surface area contributed by atoms with Gasteiger partial charge in [-0.05, 0) is 49.1 Å². The van der Waals surface area contributed by atoms with E-state index in [0.29, 0.717) is 16.5 Å². The first kappa shape index (κ1) is 23.5. The molecule has 1 heterocycles. The van der Waals surface area contributed by atoms with Crippen LogP contribution in [0.3, 0.4) is 0 Å². The Bertz CT molecular complexity index is 1100. The number of aromatic nitrogens is 3. The van der Waals surface area contributed by atoms with Gasteiger partial charge in [0.1, 0.15) is 0 Å². The monoisotopic (exact) mass is 451 g/mol. The number of anilines is 1. The maximum Gasteiger partial charge on any atom is 0.251 e. The van der Waals surface area contributed by atoms with Gasteiger partial charge in [-0.1, -0.05) is 55.9 Å². The molecule has 168 valence electrons. The SMILES string of the molecule is Cc1ccc(C)c(NC(=O)CSc2nnc([C@@H](NC(=O)c3ccccc3)C(C)C)n2C)c1. The van der Waals surface area contributed by atoms with Gasteiger partial charge in [0.15, 0.2) is 11.0 Å². The summed E-state index contributed by atoms with van der Waals surface area (Å²) in [4.78, 5) is 25.1. The van der Waals surface area contributed by atoms with E-state index in [0.717, 1.165) is 16.8 Å². The fourth-order valence-electron chi connectivity index (χ4n) is 3.25. The molecule has 0 fully saturated rings. The summed E-state index contributed by atoms with van der Waals surface area (Å²) in [6, 6.07) is 14.8. The number of thioether (sulfide) groups is 1. The molecule has 0 spiro atoms. The van der Waals surface area contributed by atoms with Crippen LogP contribution in [0.5, 0.6) is 0 Å². The van der Waals surface area contributed by atoms with Gasteiger partial charge in [-0.25, -0.2) is 0 Å². The van der Waals surface area contributed by atoms with E-state index in [9.17, 15) is 9.59 Å². The summed E-state index contributed by atoms with van der Waals surface area (Å²) >= 11 is 1.31. The first-order valence-corrected chi connectivity index (χ1v) is 11.5. The van der Waals surface area contributed by atoms with Crippen LogP contribution in [-0.4, -0.2) is 32.3 Å². The van der Waals surface area contributed by atoms with Gasteiger partial charge in [0.25, 0.3) is 5.91 Å². The van der Waals surface area contributed by atoms with Crippen LogP contribution in [0.25, 0.3) is 0 Å². The van der Waals surface area contributed by atoms with Gasteiger partial charge in [0.05, 0.1) is 11.8 Å². The third kappa shape index (κ3) is 5.76. The van der Waals surface area contributed by atoms with Gasteiger partial charge in [-0.3, -0.25) is 9.59 Å². The molecule has 2 amide bonds. The van der Waals surface area contributed by atoms with Crippen LogP contribution in [0.15, 0.2) is 53.7 Å². The Morgan fingerprint density at radius 3 is 2.47 bits per heavy atom. The zero-order valence-corrected chi connectivity index (χ0v) is 19.9. The van der Waals surface area contributed by atoms with Crippen molar-refractivity contribution in [3.05, 3.63) is 71.0 Å². The van der Waals surface area contributed by atoms with Crippen LogP contribution in [-0.2, 0) is 11.8 Å². The van der Waals surface area contributed by atoms with Crippen molar-refractivity contribution in [1.82, 2.24) is 20.1 Å². The molecule has 0 unspecified atom stereocenters. The number of hydrogen-bond donors (Lipinski definition) is 2. The first-order valence-electron chi connectivity index (χ1n) is 10.5. The summed E-state index contributed by atoms with van der Waals surface area (Å²) in [5.41, 5.74) is 3.52. The second-order valence-electron chi connectivity index (χ2n) is 8.12. The number of nitrogens with zero attached hydrogens (tertiary/aromatic N) is 3. The van der Waals surface area contributed by atoms with Crippen molar-refractivity contribution >= 4 is 29.3 Å². The molecule has 0 bridgehead atoms. The summed E-state index contributed by atoms with van der Waals surface area (Å²) < 4.78 is 1.84. The van der Waals surface area contributed by atoms with Crippen LogP contribution in [0, 0.1) is 19.8 Å². The van der Waals surface area contributed by atoms with Crippen molar-refractivity contribution in [1.29, 1.82) is 0 Å². The lowest BCUT2D eigenvalue weighted by Gasteiger charge is -2.21. The van der Waals surface area contributed by atoms with Crippen LogP contribution < -0.4 is 10.6 Å². The topological polar surface area (TPSA) is 88.9 Å². The Morgan fingerprint density at radius 1 is 1.06 bits per heavy atom. The number of benzene rings is 2. The molecule has 3 aromatic rings. The molecule has 3 rings (SSSR count). The van der Waals surface area contributed by atoms with Gasteiger partial charge < -0.3 is 15.2 Å². The van der Waals surface area contributed by atoms with E-state index < -0.39 is 0 Å². The largest absolute Gasteiger partial charge is 0.342 e. The summed E-state index contributed by atoms with van der Waals surface area (Å²) in [6.45, 7) is 8.00. The highest BCUT2D eigenvalue weighted by molar-refractivity contribution is 7.99. The zero-order chi connectivity index (χ0) is 23.3. The van der Waals surface area contributed by atoms with E-state index in [1.54, 1.807) is 12.1 Å². The number of nitrogens with one attached hydrogen (secondary N) is 2. The smallest absolute Gasteiger partial charge is 0.251 e. The molecule has 0 aliphatic heterocycles. The summed E-state index contributed by atoms with van der Waals surface area (Å²) in [6.07, 6.45) is 0. The van der Waals surface area contributed by atoms with E-state index in [1.807, 2.05) is 75.7 Å². The molecule has 0 saturated carbocycles. The minimum atomic E-state index is -0.307. The standard InChI is InChI=1S/C24H29N5O2S/c1-15(2)21(26-23(31)18-9-7-6-8-10-18)22-27-28-24(29(22)5)32-14-20(30)25-19-13-16(3)11-12-17(19)4/h6-13,15,21H,14H2,1-5H3,(H,25,30)(H,26,31)/t21-/m0/s1. The Balaban J connectivity index is 1.67. The number of hydrogen-bond acceptors (Lipinski definition) is 5. The minimum absolute atomic E-state index is 0.106. The normalized spacial score (nSPS) is 11.9. The third-order valence-electron chi connectivity index (χ3n) is 5.14. The lowest BCUT2D eigenvalue weighted by molar-refractivity contribution is -0.113. The third-order valence-corrected chi connectivity index (χ3v) is 6.16. The van der Waals surface area contributed by atoms with Crippen molar-refractivity contribution in [2.24, 2.45) is 13.0 Å². The summed E-state index contributed by atoms with van der Waals surface area (Å²) in [7, 11) is 1.85. The molecule has 2 aromatic carbocycles. The lowest BCUT2D eigenvalue weighted by Crippen LogP contribution is -2.33. The van der Waals surface area contributed by atoms with Crippen molar-refractivity contribution in [2.45, 2.75) is 38.9 Å². The molecular formula is C24H29N5O2S. The Morgan fingerprint density at radius 2 is 1.78 bits per heavy atom. The maximum atomic E-state index is 12.7. The van der Waals surface area contributed by atoms with E-state index in [1.165, 1.54) is 11.8 Å². The highest BCUT2D eigenvalue weighted by Crippen LogP contribution is 2.25. The van der Waals surface area contributed by atoms with E-state index in [2.05, 4.69) is 20.8 Å². The fraction of sp³-hybridized carbons (Fsp3) is 0.333. The number of amides is 2. The van der Waals surface area contributed by atoms with Gasteiger partial charge in [-0.2, -0.15) is 0 Å². The van der Waals surface area contributed by atoms with Crippen LogP contribution in [0.4, 0.5) is 5.69 Å². The average Bonchev–Trinajstić information content (AvgIpc) is 3.13. The van der Waals surface area contributed by atoms with E-state index >= 15 is 0 Å². The van der Waals surface area contributed by atoms with Gasteiger partial charge in [0, 0.05) is 18.3 Å². The van der Waals surface area contributed by atoms with Crippen molar-refractivity contribution < 1.29 is 9.59 Å².